The molecule has 3 heterocycles. The molecular formula is C29H31N5O5S3. The summed E-state index contributed by atoms with van der Waals surface area (Å²) in [5, 5.41) is 16.9. The van der Waals surface area contributed by atoms with E-state index >= 15 is 0 Å². The van der Waals surface area contributed by atoms with Crippen molar-refractivity contribution in [1.82, 2.24) is 20.1 Å². The van der Waals surface area contributed by atoms with Gasteiger partial charge in [-0.05, 0) is 68.7 Å². The zero-order valence-electron chi connectivity index (χ0n) is 23.5. The van der Waals surface area contributed by atoms with Crippen molar-refractivity contribution in [3.05, 3.63) is 68.5 Å². The highest BCUT2D eigenvalue weighted by Crippen LogP contribution is 2.39. The molecule has 0 saturated heterocycles. The Balaban J connectivity index is 1.39. The molecule has 0 saturated carbocycles. The molecule has 0 unspecified atom stereocenters. The van der Waals surface area contributed by atoms with Crippen LogP contribution in [0.15, 0.2) is 46.9 Å². The molecule has 0 bridgehead atoms. The van der Waals surface area contributed by atoms with Crippen LogP contribution >= 0.6 is 34.4 Å². The molecule has 220 valence electrons. The fourth-order valence-corrected chi connectivity index (χ4v) is 7.50. The Morgan fingerprint density at radius 1 is 1.12 bits per heavy atom. The highest BCUT2D eigenvalue weighted by molar-refractivity contribution is 8.00. The third kappa shape index (κ3) is 6.37. The molecule has 0 aliphatic heterocycles. The van der Waals surface area contributed by atoms with Gasteiger partial charge in [0.2, 0.25) is 5.91 Å². The molecule has 13 heteroatoms. The number of para-hydroxylation sites is 2. The van der Waals surface area contributed by atoms with E-state index in [9.17, 15) is 14.4 Å². The van der Waals surface area contributed by atoms with Crippen LogP contribution in [0.5, 0.6) is 5.75 Å². The summed E-state index contributed by atoms with van der Waals surface area (Å²) >= 11 is 4.03. The van der Waals surface area contributed by atoms with Gasteiger partial charge in [0.05, 0.1) is 41.6 Å². The van der Waals surface area contributed by atoms with Crippen LogP contribution in [-0.4, -0.2) is 51.5 Å². The second-order valence-corrected chi connectivity index (χ2v) is 12.8. The van der Waals surface area contributed by atoms with Crippen LogP contribution in [0.4, 0.5) is 5.00 Å². The van der Waals surface area contributed by atoms with Gasteiger partial charge in [0.25, 0.3) is 5.91 Å². The van der Waals surface area contributed by atoms with E-state index in [1.807, 2.05) is 35.7 Å². The maximum Gasteiger partial charge on any atom is 0.341 e. The molecule has 1 aliphatic carbocycles. The van der Waals surface area contributed by atoms with Gasteiger partial charge >= 0.3 is 5.97 Å². The lowest BCUT2D eigenvalue weighted by molar-refractivity contribution is -0.115. The number of nitrogens with one attached hydrogen (secondary N) is 2. The van der Waals surface area contributed by atoms with Crippen molar-refractivity contribution < 1.29 is 23.9 Å². The molecule has 0 radical (unpaired) electrons. The van der Waals surface area contributed by atoms with Crippen LogP contribution in [0, 0.1) is 0 Å². The number of benzene rings is 1. The molecule has 3 aromatic heterocycles. The summed E-state index contributed by atoms with van der Waals surface area (Å²) in [6, 6.07) is 11.0. The number of methoxy groups -OCH3 is 1. The molecule has 4 aromatic rings. The summed E-state index contributed by atoms with van der Waals surface area (Å²) in [6.07, 6.45) is 3.75. The smallest absolute Gasteiger partial charge is 0.341 e. The lowest BCUT2D eigenvalue weighted by Gasteiger charge is -2.16. The second kappa shape index (κ2) is 13.5. The Morgan fingerprint density at radius 3 is 2.69 bits per heavy atom. The summed E-state index contributed by atoms with van der Waals surface area (Å²) in [4.78, 5) is 40.7. The Morgan fingerprint density at radius 2 is 1.93 bits per heavy atom. The van der Waals surface area contributed by atoms with E-state index in [0.717, 1.165) is 36.1 Å². The first kappa shape index (κ1) is 29.8. The molecule has 10 nitrogen and oxygen atoms in total. The predicted octanol–water partition coefficient (Wildman–Crippen LogP) is 5.50. The number of esters is 1. The Hall–Kier alpha value is -3.68. The predicted molar refractivity (Wildman–Crippen MR) is 164 cm³/mol. The largest absolute Gasteiger partial charge is 0.495 e. The lowest BCUT2D eigenvalue weighted by atomic mass is 9.95. The number of carbonyl (C=O) groups is 3. The maximum atomic E-state index is 13.5. The number of carbonyl (C=O) groups excluding carboxylic acids is 3. The van der Waals surface area contributed by atoms with E-state index in [1.54, 1.807) is 31.6 Å². The van der Waals surface area contributed by atoms with E-state index in [4.69, 9.17) is 9.47 Å². The molecule has 1 aliphatic rings. The average molecular weight is 626 g/mol. The third-order valence-corrected chi connectivity index (χ3v) is 9.84. The Bertz CT molecular complexity index is 1580. The fraction of sp³-hybridized carbons (Fsp3) is 0.345. The average Bonchev–Trinajstić information content (AvgIpc) is 3.75. The van der Waals surface area contributed by atoms with Crippen LogP contribution in [0.25, 0.3) is 5.69 Å². The molecule has 1 aromatic carbocycles. The number of hydrogen-bond donors (Lipinski definition) is 2. The summed E-state index contributed by atoms with van der Waals surface area (Å²) in [5.74, 6) is 0.182. The molecule has 0 fully saturated rings. The number of rotatable bonds is 11. The molecule has 1 atom stereocenters. The van der Waals surface area contributed by atoms with E-state index in [-0.39, 0.29) is 25.0 Å². The summed E-state index contributed by atoms with van der Waals surface area (Å²) in [6.45, 7) is 3.93. The van der Waals surface area contributed by atoms with Gasteiger partial charge in [0.15, 0.2) is 11.0 Å². The Kier molecular flexibility index (Phi) is 9.60. The number of hydrogen-bond acceptors (Lipinski definition) is 10. The number of thiophene rings is 2. The number of thioether (sulfide) groups is 1. The normalized spacial score (nSPS) is 13.2. The SMILES string of the molecule is CCOC(=O)c1c(NC(=O)[C@@H](C)Sc2nnc(CNC(=O)c3cccs3)n2-c2ccccc2OC)sc2c1CCCC2. The Labute approximate surface area is 255 Å². The van der Waals surface area contributed by atoms with E-state index in [0.29, 0.717) is 37.9 Å². The van der Waals surface area contributed by atoms with Crippen molar-refractivity contribution in [3.8, 4) is 11.4 Å². The van der Waals surface area contributed by atoms with Gasteiger partial charge in [-0.25, -0.2) is 4.79 Å². The number of anilines is 1. The van der Waals surface area contributed by atoms with Crippen molar-refractivity contribution >= 4 is 57.2 Å². The maximum absolute atomic E-state index is 13.5. The van der Waals surface area contributed by atoms with Crippen LogP contribution in [0.3, 0.4) is 0 Å². The van der Waals surface area contributed by atoms with Crippen molar-refractivity contribution in [2.45, 2.75) is 56.5 Å². The van der Waals surface area contributed by atoms with Gasteiger partial charge in [-0.1, -0.05) is 30.0 Å². The minimum atomic E-state index is -0.592. The number of ether oxygens (including phenoxy) is 2. The minimum Gasteiger partial charge on any atom is -0.495 e. The highest BCUT2D eigenvalue weighted by Gasteiger charge is 2.29. The van der Waals surface area contributed by atoms with Crippen molar-refractivity contribution in [1.29, 1.82) is 0 Å². The molecular weight excluding hydrogens is 595 g/mol. The second-order valence-electron chi connectivity index (χ2n) is 9.45. The van der Waals surface area contributed by atoms with Crippen LogP contribution < -0.4 is 15.4 Å². The van der Waals surface area contributed by atoms with Gasteiger partial charge in [-0.2, -0.15) is 0 Å². The van der Waals surface area contributed by atoms with Gasteiger partial charge in [0, 0.05) is 4.88 Å². The number of aromatic nitrogens is 3. The van der Waals surface area contributed by atoms with Crippen molar-refractivity contribution in [2.75, 3.05) is 19.0 Å². The molecule has 2 N–H and O–H groups in total. The number of fused-ring (bicyclic) bond motifs is 1. The zero-order chi connectivity index (χ0) is 29.6. The molecule has 2 amide bonds. The van der Waals surface area contributed by atoms with Crippen molar-refractivity contribution in [2.24, 2.45) is 0 Å². The van der Waals surface area contributed by atoms with E-state index in [1.165, 1.54) is 34.4 Å². The highest BCUT2D eigenvalue weighted by atomic mass is 32.2. The van der Waals surface area contributed by atoms with E-state index in [2.05, 4.69) is 20.8 Å². The fourth-order valence-electron chi connectivity index (χ4n) is 4.70. The van der Waals surface area contributed by atoms with Gasteiger partial charge in [-0.15, -0.1) is 32.9 Å². The van der Waals surface area contributed by atoms with Gasteiger partial charge < -0.3 is 20.1 Å². The number of aryl methyl sites for hydroxylation is 1. The first-order valence-electron chi connectivity index (χ1n) is 13.6. The van der Waals surface area contributed by atoms with Gasteiger partial charge in [0.1, 0.15) is 10.8 Å². The standard InChI is InChI=1S/C29H31N5O5S3/c1-4-39-28(37)24-18-10-5-8-13-21(18)42-27(24)31-25(35)17(2)41-29-33-32-23(16-30-26(36)22-14-9-15-40-22)34(29)19-11-6-7-12-20(19)38-3/h6-7,9,11-12,14-15,17H,4-5,8,10,13,16H2,1-3H3,(H,30,36)(H,31,35)/t17-/m1/s1. The van der Waals surface area contributed by atoms with Crippen LogP contribution in [0.1, 0.15) is 63.0 Å². The van der Waals surface area contributed by atoms with Crippen LogP contribution in [0.2, 0.25) is 0 Å². The number of nitrogens with zero attached hydrogens (tertiary/aromatic N) is 3. The summed E-state index contributed by atoms with van der Waals surface area (Å²) in [7, 11) is 1.58. The molecule has 0 spiro atoms. The van der Waals surface area contributed by atoms with Crippen LogP contribution in [-0.2, 0) is 28.9 Å². The molecule has 42 heavy (non-hydrogen) atoms. The third-order valence-electron chi connectivity index (χ3n) is 6.72. The lowest BCUT2D eigenvalue weighted by Crippen LogP contribution is -2.25. The first-order chi connectivity index (χ1) is 20.4. The topological polar surface area (TPSA) is 124 Å². The minimum absolute atomic E-state index is 0.118. The molecule has 5 rings (SSSR count). The van der Waals surface area contributed by atoms with Crippen molar-refractivity contribution in [3.63, 3.8) is 0 Å². The first-order valence-corrected chi connectivity index (χ1v) is 16.2. The zero-order valence-corrected chi connectivity index (χ0v) is 25.9. The summed E-state index contributed by atoms with van der Waals surface area (Å²) in [5.41, 5.74) is 2.14. The summed E-state index contributed by atoms with van der Waals surface area (Å²) < 4.78 is 12.7. The van der Waals surface area contributed by atoms with E-state index < -0.39 is 11.2 Å². The van der Waals surface area contributed by atoms with Gasteiger partial charge in [-0.3, -0.25) is 14.2 Å². The monoisotopic (exact) mass is 625 g/mol. The number of amides is 2. The quantitative estimate of drug-likeness (QED) is 0.165.